The summed E-state index contributed by atoms with van der Waals surface area (Å²) in [6, 6.07) is 11.5. The molecule has 0 aliphatic heterocycles. The van der Waals surface area contributed by atoms with E-state index in [2.05, 4.69) is 15.4 Å². The van der Waals surface area contributed by atoms with Crippen molar-refractivity contribution in [3.63, 3.8) is 0 Å². The van der Waals surface area contributed by atoms with Gasteiger partial charge in [0.15, 0.2) is 0 Å². The number of hydrogen-bond donors (Lipinski definition) is 3. The molecule has 1 fully saturated rings. The van der Waals surface area contributed by atoms with Crippen LogP contribution in [0.25, 0.3) is 6.08 Å². The molecule has 1 aliphatic carbocycles. The predicted molar refractivity (Wildman–Crippen MR) is 132 cm³/mol. The van der Waals surface area contributed by atoms with Crippen LogP contribution in [0.4, 0.5) is 5.69 Å². The summed E-state index contributed by atoms with van der Waals surface area (Å²) in [5, 5.41) is 5.77. The molecule has 0 spiro atoms. The fraction of sp³-hybridized carbons (Fsp3) is 0.360. The van der Waals surface area contributed by atoms with Gasteiger partial charge in [0.05, 0.1) is 13.2 Å². The number of ether oxygens (including phenoxy) is 1. The average Bonchev–Trinajstić information content (AvgIpc) is 3.63. The molecule has 2 aromatic rings. The number of hydrogen-bond acceptors (Lipinski definition) is 5. The van der Waals surface area contributed by atoms with Crippen molar-refractivity contribution in [3.05, 3.63) is 59.7 Å². The van der Waals surface area contributed by atoms with Crippen LogP contribution >= 0.6 is 0 Å². The van der Waals surface area contributed by atoms with E-state index in [0.717, 1.165) is 24.1 Å². The zero-order chi connectivity index (χ0) is 24.9. The Hall–Kier alpha value is -3.17. The van der Waals surface area contributed by atoms with E-state index in [9.17, 15) is 18.0 Å². The lowest BCUT2D eigenvalue weighted by atomic mass is 10.1. The molecule has 3 rings (SSSR count). The summed E-state index contributed by atoms with van der Waals surface area (Å²) < 4.78 is 33.0. The molecule has 0 saturated heterocycles. The smallest absolute Gasteiger partial charge is 0.244 e. The van der Waals surface area contributed by atoms with Gasteiger partial charge < -0.3 is 15.4 Å². The van der Waals surface area contributed by atoms with Crippen molar-refractivity contribution < 1.29 is 22.7 Å². The van der Waals surface area contributed by atoms with E-state index in [0.29, 0.717) is 5.56 Å². The summed E-state index contributed by atoms with van der Waals surface area (Å²) in [5.41, 5.74) is 2.17. The maximum Gasteiger partial charge on any atom is 0.244 e. The molecule has 182 valence electrons. The lowest BCUT2D eigenvalue weighted by molar-refractivity contribution is -0.118. The van der Waals surface area contributed by atoms with Crippen LogP contribution in [0.3, 0.4) is 0 Å². The van der Waals surface area contributed by atoms with Gasteiger partial charge in [-0.2, -0.15) is 0 Å². The van der Waals surface area contributed by atoms with E-state index in [4.69, 9.17) is 4.74 Å². The summed E-state index contributed by atoms with van der Waals surface area (Å²) in [4.78, 5) is 24.3. The van der Waals surface area contributed by atoms with Crippen molar-refractivity contribution in [1.29, 1.82) is 0 Å². The van der Waals surface area contributed by atoms with Crippen LogP contribution in [-0.4, -0.2) is 33.4 Å². The molecule has 34 heavy (non-hydrogen) atoms. The minimum Gasteiger partial charge on any atom is -0.495 e. The molecule has 8 nitrogen and oxygen atoms in total. The second-order valence-electron chi connectivity index (χ2n) is 8.64. The molecule has 1 atom stereocenters. The number of anilines is 1. The SMILES string of the molecule is COc1ccc(/C=C/C(=O)NC(C)c2ccc(NC(=O)C3CC3)cc2)cc1S(=O)(=O)NC(C)C. The molecule has 1 unspecified atom stereocenters. The molecule has 1 aliphatic rings. The molecule has 0 heterocycles. The van der Waals surface area contributed by atoms with Gasteiger partial charge >= 0.3 is 0 Å². The highest BCUT2D eigenvalue weighted by molar-refractivity contribution is 7.89. The third-order valence-electron chi connectivity index (χ3n) is 5.28. The highest BCUT2D eigenvalue weighted by Gasteiger charge is 2.29. The number of sulfonamides is 1. The van der Waals surface area contributed by atoms with E-state index >= 15 is 0 Å². The standard InChI is InChI=1S/C25H31N3O5S/c1-16(2)28-34(31,32)23-15-18(5-13-22(23)33-4)6-14-24(29)26-17(3)19-9-11-21(12-10-19)27-25(30)20-7-8-20/h5-6,9-17,20,28H,7-8H2,1-4H3,(H,26,29)(H,27,30)/b14-6+. The molecule has 1 saturated carbocycles. The molecule has 9 heteroatoms. The minimum absolute atomic E-state index is 0.00786. The van der Waals surface area contributed by atoms with Crippen molar-refractivity contribution in [2.45, 2.75) is 50.6 Å². The van der Waals surface area contributed by atoms with E-state index < -0.39 is 10.0 Å². The molecule has 3 N–H and O–H groups in total. The van der Waals surface area contributed by atoms with Crippen molar-refractivity contribution >= 4 is 33.6 Å². The Bertz CT molecular complexity index is 1170. The van der Waals surface area contributed by atoms with Gasteiger partial charge in [-0.3, -0.25) is 9.59 Å². The highest BCUT2D eigenvalue weighted by atomic mass is 32.2. The van der Waals surface area contributed by atoms with Gasteiger partial charge in [0.1, 0.15) is 10.6 Å². The summed E-state index contributed by atoms with van der Waals surface area (Å²) in [6.45, 7) is 5.33. The van der Waals surface area contributed by atoms with Gasteiger partial charge in [0.25, 0.3) is 0 Å². The number of amides is 2. The van der Waals surface area contributed by atoms with Gasteiger partial charge in [-0.15, -0.1) is 0 Å². The van der Waals surface area contributed by atoms with Gasteiger partial charge in [-0.1, -0.05) is 18.2 Å². The first-order chi connectivity index (χ1) is 16.1. The van der Waals surface area contributed by atoms with Crippen molar-refractivity contribution in [1.82, 2.24) is 10.0 Å². The van der Waals surface area contributed by atoms with Crippen LogP contribution < -0.4 is 20.1 Å². The van der Waals surface area contributed by atoms with Crippen LogP contribution in [0.1, 0.15) is 50.8 Å². The second-order valence-corrected chi connectivity index (χ2v) is 10.3. The zero-order valence-corrected chi connectivity index (χ0v) is 20.6. The Morgan fingerprint density at radius 3 is 2.32 bits per heavy atom. The van der Waals surface area contributed by atoms with Crippen molar-refractivity contribution in [2.75, 3.05) is 12.4 Å². The van der Waals surface area contributed by atoms with Crippen LogP contribution in [0.2, 0.25) is 0 Å². The molecule has 0 radical (unpaired) electrons. The Kier molecular flexibility index (Phi) is 8.11. The van der Waals surface area contributed by atoms with Gasteiger partial charge in [0.2, 0.25) is 21.8 Å². The Balaban J connectivity index is 1.63. The monoisotopic (exact) mass is 485 g/mol. The molecule has 0 bridgehead atoms. The molecular formula is C25H31N3O5S. The summed E-state index contributed by atoms with van der Waals surface area (Å²) in [7, 11) is -2.36. The summed E-state index contributed by atoms with van der Waals surface area (Å²) in [6.07, 6.45) is 4.80. The number of nitrogens with one attached hydrogen (secondary N) is 3. The molecule has 2 aromatic carbocycles. The average molecular weight is 486 g/mol. The first kappa shape index (κ1) is 25.5. The molecule has 0 aromatic heterocycles. The quantitative estimate of drug-likeness (QED) is 0.445. The Labute approximate surface area is 200 Å². The van der Waals surface area contributed by atoms with Gasteiger partial charge in [-0.05, 0) is 75.1 Å². The number of methoxy groups -OCH3 is 1. The number of rotatable bonds is 10. The number of carbonyl (C=O) groups is 2. The third kappa shape index (κ3) is 6.91. The first-order valence-corrected chi connectivity index (χ1v) is 12.7. The second kappa shape index (κ2) is 10.8. The summed E-state index contributed by atoms with van der Waals surface area (Å²) in [5.74, 6) is 0.0889. The van der Waals surface area contributed by atoms with Crippen LogP contribution in [0.15, 0.2) is 53.4 Å². The van der Waals surface area contributed by atoms with Gasteiger partial charge in [-0.25, -0.2) is 13.1 Å². The van der Waals surface area contributed by atoms with E-state index in [-0.39, 0.29) is 40.5 Å². The predicted octanol–water partition coefficient (Wildman–Crippen LogP) is 3.62. The molecular weight excluding hydrogens is 454 g/mol. The third-order valence-corrected chi connectivity index (χ3v) is 6.96. The first-order valence-electron chi connectivity index (χ1n) is 11.2. The Morgan fingerprint density at radius 1 is 1.06 bits per heavy atom. The lowest BCUT2D eigenvalue weighted by Gasteiger charge is -2.14. The lowest BCUT2D eigenvalue weighted by Crippen LogP contribution is -2.30. The topological polar surface area (TPSA) is 114 Å². The van der Waals surface area contributed by atoms with E-state index in [1.807, 2.05) is 31.2 Å². The summed E-state index contributed by atoms with van der Waals surface area (Å²) >= 11 is 0. The van der Waals surface area contributed by atoms with Gasteiger partial charge in [0, 0.05) is 23.7 Å². The van der Waals surface area contributed by atoms with Crippen LogP contribution in [-0.2, 0) is 19.6 Å². The van der Waals surface area contributed by atoms with Crippen molar-refractivity contribution in [2.24, 2.45) is 5.92 Å². The molecule has 2 amide bonds. The number of carbonyl (C=O) groups excluding carboxylic acids is 2. The Morgan fingerprint density at radius 2 is 1.74 bits per heavy atom. The van der Waals surface area contributed by atoms with Crippen molar-refractivity contribution in [3.8, 4) is 5.75 Å². The fourth-order valence-corrected chi connectivity index (χ4v) is 4.80. The normalized spacial score (nSPS) is 14.7. The van der Waals surface area contributed by atoms with Crippen LogP contribution in [0.5, 0.6) is 5.75 Å². The van der Waals surface area contributed by atoms with Crippen LogP contribution in [0, 0.1) is 5.92 Å². The maximum absolute atomic E-state index is 12.6. The zero-order valence-electron chi connectivity index (χ0n) is 19.8. The fourth-order valence-electron chi connectivity index (χ4n) is 3.34. The maximum atomic E-state index is 12.6. The highest BCUT2D eigenvalue weighted by Crippen LogP contribution is 2.30. The minimum atomic E-state index is -3.77. The largest absolute Gasteiger partial charge is 0.495 e. The number of benzene rings is 2. The van der Waals surface area contributed by atoms with E-state index in [1.54, 1.807) is 32.1 Å². The van der Waals surface area contributed by atoms with E-state index in [1.165, 1.54) is 19.3 Å².